The first-order chi connectivity index (χ1) is 8.50. The highest BCUT2D eigenvalue weighted by Gasteiger charge is 2.18. The Kier molecular flexibility index (Phi) is 6.11. The molecular weight excluding hydrogens is 220 g/mol. The Morgan fingerprint density at radius 3 is 2.44 bits per heavy atom. The molecule has 1 nitrogen and oxygen atoms in total. The Hall–Kier alpha value is -1.11. The highest BCUT2D eigenvalue weighted by molar-refractivity contribution is 5.98. The molecule has 0 aromatic rings. The largest absolute Gasteiger partial charge is 0.295 e. The van der Waals surface area contributed by atoms with Crippen LogP contribution in [0.25, 0.3) is 0 Å². The van der Waals surface area contributed by atoms with Gasteiger partial charge in [0.25, 0.3) is 0 Å². The Labute approximate surface area is 112 Å². The number of hydrogen-bond acceptors (Lipinski definition) is 1. The molecule has 0 spiro atoms. The van der Waals surface area contributed by atoms with Gasteiger partial charge in [-0.05, 0) is 65.4 Å². The lowest BCUT2D eigenvalue weighted by Crippen LogP contribution is -1.95. The fraction of sp³-hybridized carbons (Fsp3) is 0.588. The van der Waals surface area contributed by atoms with Crippen LogP contribution >= 0.6 is 0 Å². The van der Waals surface area contributed by atoms with Gasteiger partial charge in [0.1, 0.15) is 0 Å². The molecular formula is C17H26O. The van der Waals surface area contributed by atoms with Crippen LogP contribution in [-0.2, 0) is 4.79 Å². The quantitative estimate of drug-likeness (QED) is 0.468. The minimum atomic E-state index is 0.362. The van der Waals surface area contributed by atoms with Crippen molar-refractivity contribution in [1.82, 2.24) is 0 Å². The van der Waals surface area contributed by atoms with Gasteiger partial charge in [-0.1, -0.05) is 28.9 Å². The van der Waals surface area contributed by atoms with E-state index in [-0.39, 0.29) is 0 Å². The first kappa shape index (κ1) is 14.9. The Bertz CT molecular complexity index is 390. The summed E-state index contributed by atoms with van der Waals surface area (Å²) in [6, 6.07) is 0. The van der Waals surface area contributed by atoms with Crippen molar-refractivity contribution in [2.75, 3.05) is 0 Å². The number of rotatable bonds is 6. The first-order valence-corrected chi connectivity index (χ1v) is 7.01. The van der Waals surface area contributed by atoms with E-state index in [1.165, 1.54) is 23.1 Å². The third-order valence-electron chi connectivity index (χ3n) is 3.56. The number of Topliss-reactive ketones (excluding diaryl/α,β-unsaturated/α-hetero) is 1. The second-order valence-electron chi connectivity index (χ2n) is 5.61. The van der Waals surface area contributed by atoms with Gasteiger partial charge in [-0.25, -0.2) is 0 Å². The van der Waals surface area contributed by atoms with E-state index < -0.39 is 0 Å². The lowest BCUT2D eigenvalue weighted by atomic mass is 10.0. The Morgan fingerprint density at radius 2 is 1.89 bits per heavy atom. The second-order valence-corrected chi connectivity index (χ2v) is 5.61. The van der Waals surface area contributed by atoms with Crippen molar-refractivity contribution < 1.29 is 4.79 Å². The zero-order valence-corrected chi connectivity index (χ0v) is 12.3. The molecule has 0 saturated carbocycles. The molecule has 0 radical (unpaired) electrons. The topological polar surface area (TPSA) is 17.1 Å². The summed E-state index contributed by atoms with van der Waals surface area (Å²) in [4.78, 5) is 11.6. The average molecular weight is 246 g/mol. The van der Waals surface area contributed by atoms with Crippen molar-refractivity contribution in [3.8, 4) is 0 Å². The monoisotopic (exact) mass is 246 g/mol. The van der Waals surface area contributed by atoms with Gasteiger partial charge < -0.3 is 0 Å². The van der Waals surface area contributed by atoms with Crippen LogP contribution in [0.15, 0.2) is 34.4 Å². The Morgan fingerprint density at radius 1 is 1.17 bits per heavy atom. The summed E-state index contributed by atoms with van der Waals surface area (Å²) in [6.45, 7) is 8.56. The number of unbranched alkanes of at least 4 members (excludes halogenated alkanes) is 1. The molecule has 0 saturated heterocycles. The van der Waals surface area contributed by atoms with Crippen molar-refractivity contribution in [2.45, 2.75) is 66.2 Å². The van der Waals surface area contributed by atoms with E-state index in [0.29, 0.717) is 5.78 Å². The van der Waals surface area contributed by atoms with Crippen LogP contribution in [0.3, 0.4) is 0 Å². The third-order valence-corrected chi connectivity index (χ3v) is 3.56. The van der Waals surface area contributed by atoms with Crippen LogP contribution in [0.4, 0.5) is 0 Å². The maximum absolute atomic E-state index is 11.6. The molecule has 18 heavy (non-hydrogen) atoms. The molecule has 0 bridgehead atoms. The van der Waals surface area contributed by atoms with E-state index in [9.17, 15) is 4.79 Å². The third kappa shape index (κ3) is 5.03. The van der Waals surface area contributed by atoms with E-state index in [4.69, 9.17) is 0 Å². The van der Waals surface area contributed by atoms with Gasteiger partial charge in [0.2, 0.25) is 0 Å². The minimum absolute atomic E-state index is 0.362. The van der Waals surface area contributed by atoms with Crippen molar-refractivity contribution in [1.29, 1.82) is 0 Å². The standard InChI is InChI=1S/C17H26O/c1-13(2)7-5-6-8-14(3)9-11-16-15(4)10-12-17(16)18/h7,9H,5-6,8,10-12H2,1-4H3/b14-9-. The fourth-order valence-electron chi connectivity index (χ4n) is 2.28. The molecule has 100 valence electrons. The SMILES string of the molecule is CC(C)=CCCC/C(C)=C\CC1=C(C)CCC1=O. The maximum atomic E-state index is 11.6. The lowest BCUT2D eigenvalue weighted by molar-refractivity contribution is -0.114. The fourth-order valence-corrected chi connectivity index (χ4v) is 2.28. The number of ketones is 1. The normalized spacial score (nSPS) is 16.4. The molecule has 0 unspecified atom stereocenters. The van der Waals surface area contributed by atoms with Crippen molar-refractivity contribution in [2.24, 2.45) is 0 Å². The van der Waals surface area contributed by atoms with E-state index in [1.54, 1.807) is 0 Å². The predicted molar refractivity (Wildman–Crippen MR) is 78.6 cm³/mol. The molecule has 0 atom stereocenters. The van der Waals surface area contributed by atoms with E-state index in [0.717, 1.165) is 37.7 Å². The van der Waals surface area contributed by atoms with Gasteiger partial charge in [0.15, 0.2) is 5.78 Å². The van der Waals surface area contributed by atoms with Gasteiger partial charge in [-0.15, -0.1) is 0 Å². The van der Waals surface area contributed by atoms with Crippen molar-refractivity contribution in [3.05, 3.63) is 34.4 Å². The van der Waals surface area contributed by atoms with Crippen LogP contribution in [0.2, 0.25) is 0 Å². The molecule has 0 heterocycles. The van der Waals surface area contributed by atoms with Crippen molar-refractivity contribution in [3.63, 3.8) is 0 Å². The zero-order valence-electron chi connectivity index (χ0n) is 12.3. The number of allylic oxidation sites excluding steroid dienone is 6. The molecule has 0 fully saturated rings. The van der Waals surface area contributed by atoms with Crippen LogP contribution in [0.5, 0.6) is 0 Å². The van der Waals surface area contributed by atoms with Crippen LogP contribution in [-0.4, -0.2) is 5.78 Å². The highest BCUT2D eigenvalue weighted by atomic mass is 16.1. The van der Waals surface area contributed by atoms with E-state index >= 15 is 0 Å². The van der Waals surface area contributed by atoms with Gasteiger partial charge in [0, 0.05) is 6.42 Å². The number of carbonyl (C=O) groups is 1. The Balaban J connectivity index is 2.36. The number of hydrogen-bond donors (Lipinski definition) is 0. The lowest BCUT2D eigenvalue weighted by Gasteiger charge is -2.02. The van der Waals surface area contributed by atoms with Gasteiger partial charge in [0.05, 0.1) is 0 Å². The molecule has 1 aliphatic carbocycles. The zero-order chi connectivity index (χ0) is 13.5. The minimum Gasteiger partial charge on any atom is -0.295 e. The summed E-state index contributed by atoms with van der Waals surface area (Å²) in [7, 11) is 0. The molecule has 1 rings (SSSR count). The predicted octanol–water partition coefficient (Wildman–Crippen LogP) is 5.14. The molecule has 0 amide bonds. The molecule has 1 aliphatic rings. The van der Waals surface area contributed by atoms with Gasteiger partial charge in [-0.2, -0.15) is 0 Å². The summed E-state index contributed by atoms with van der Waals surface area (Å²) in [6.07, 6.45) is 10.6. The summed E-state index contributed by atoms with van der Waals surface area (Å²) in [5.74, 6) is 0.362. The summed E-state index contributed by atoms with van der Waals surface area (Å²) < 4.78 is 0. The molecule has 1 heteroatoms. The summed E-state index contributed by atoms with van der Waals surface area (Å²) >= 11 is 0. The van der Waals surface area contributed by atoms with E-state index in [1.807, 2.05) is 0 Å². The van der Waals surface area contributed by atoms with Gasteiger partial charge in [-0.3, -0.25) is 4.79 Å². The summed E-state index contributed by atoms with van der Waals surface area (Å²) in [5, 5.41) is 0. The highest BCUT2D eigenvalue weighted by Crippen LogP contribution is 2.25. The molecule has 0 aliphatic heterocycles. The number of carbonyl (C=O) groups excluding carboxylic acids is 1. The molecule has 0 N–H and O–H groups in total. The van der Waals surface area contributed by atoms with Crippen LogP contribution < -0.4 is 0 Å². The van der Waals surface area contributed by atoms with Crippen LogP contribution in [0.1, 0.15) is 66.2 Å². The van der Waals surface area contributed by atoms with Crippen molar-refractivity contribution >= 4 is 5.78 Å². The van der Waals surface area contributed by atoms with E-state index in [2.05, 4.69) is 39.8 Å². The maximum Gasteiger partial charge on any atom is 0.159 e. The molecule has 0 aromatic carbocycles. The van der Waals surface area contributed by atoms with Gasteiger partial charge >= 0.3 is 0 Å². The first-order valence-electron chi connectivity index (χ1n) is 7.01. The molecule has 0 aromatic heterocycles. The average Bonchev–Trinajstić information content (AvgIpc) is 2.62. The smallest absolute Gasteiger partial charge is 0.159 e. The summed E-state index contributed by atoms with van der Waals surface area (Å²) in [5.41, 5.74) is 5.18. The second kappa shape index (κ2) is 7.35. The van der Waals surface area contributed by atoms with Crippen LogP contribution in [0, 0.1) is 0 Å².